The zero-order chi connectivity index (χ0) is 15.0. The van der Waals surface area contributed by atoms with Crippen LogP contribution in [0.1, 0.15) is 24.2 Å². The van der Waals surface area contributed by atoms with Crippen molar-refractivity contribution < 1.29 is 14.3 Å². The van der Waals surface area contributed by atoms with Gasteiger partial charge in [-0.2, -0.15) is 5.10 Å². The van der Waals surface area contributed by atoms with Crippen LogP contribution in [-0.4, -0.2) is 31.6 Å². The van der Waals surface area contributed by atoms with E-state index in [1.54, 1.807) is 21.0 Å². The third-order valence-corrected chi connectivity index (χ3v) is 3.66. The molecule has 2 atom stereocenters. The van der Waals surface area contributed by atoms with Crippen molar-refractivity contribution in [2.75, 3.05) is 13.7 Å². The van der Waals surface area contributed by atoms with Crippen LogP contribution < -0.4 is 5.43 Å². The molecular formula is C14H19BrN2O3. The maximum Gasteiger partial charge on any atom is 0.427 e. The second-order valence-electron chi connectivity index (χ2n) is 4.05. The topological polar surface area (TPSA) is 59.9 Å². The number of methoxy groups -OCH3 is 1. The summed E-state index contributed by atoms with van der Waals surface area (Å²) in [6, 6.07) is 9.86. The highest BCUT2D eigenvalue weighted by Crippen LogP contribution is 2.28. The largest absolute Gasteiger partial charge is 0.449 e. The van der Waals surface area contributed by atoms with Gasteiger partial charge in [0.05, 0.1) is 17.1 Å². The number of hydrogen-bond donors (Lipinski definition) is 1. The Bertz CT molecular complexity index is 451. The van der Waals surface area contributed by atoms with Gasteiger partial charge < -0.3 is 9.47 Å². The number of nitrogens with zero attached hydrogens (tertiary/aromatic N) is 1. The predicted molar refractivity (Wildman–Crippen MR) is 82.2 cm³/mol. The van der Waals surface area contributed by atoms with E-state index in [-0.39, 0.29) is 10.9 Å². The third kappa shape index (κ3) is 4.94. The Labute approximate surface area is 127 Å². The van der Waals surface area contributed by atoms with Crippen LogP contribution in [0.25, 0.3) is 0 Å². The van der Waals surface area contributed by atoms with Gasteiger partial charge in [-0.25, -0.2) is 10.2 Å². The van der Waals surface area contributed by atoms with E-state index in [1.165, 1.54) is 0 Å². The third-order valence-electron chi connectivity index (χ3n) is 2.65. The van der Waals surface area contributed by atoms with Crippen LogP contribution in [0.4, 0.5) is 4.79 Å². The number of benzene rings is 1. The monoisotopic (exact) mass is 342 g/mol. The first-order valence-corrected chi connectivity index (χ1v) is 7.20. The van der Waals surface area contributed by atoms with Crippen molar-refractivity contribution in [1.29, 1.82) is 0 Å². The highest BCUT2D eigenvalue weighted by atomic mass is 79.9. The minimum atomic E-state index is -0.576. The summed E-state index contributed by atoms with van der Waals surface area (Å²) >= 11 is 3.60. The van der Waals surface area contributed by atoms with Crippen molar-refractivity contribution in [3.63, 3.8) is 0 Å². The second kappa shape index (κ2) is 8.71. The lowest BCUT2D eigenvalue weighted by Crippen LogP contribution is -2.29. The van der Waals surface area contributed by atoms with Crippen LogP contribution in [-0.2, 0) is 9.47 Å². The molecule has 0 heterocycles. The Kier molecular flexibility index (Phi) is 7.25. The maximum atomic E-state index is 11.2. The lowest BCUT2D eigenvalue weighted by Gasteiger charge is -2.21. The number of nitrogens with one attached hydrogen (secondary N) is 1. The van der Waals surface area contributed by atoms with E-state index in [0.29, 0.717) is 12.3 Å². The van der Waals surface area contributed by atoms with Crippen LogP contribution in [0, 0.1) is 0 Å². The average molecular weight is 343 g/mol. The number of alkyl halides is 1. The second-order valence-corrected chi connectivity index (χ2v) is 5.04. The van der Waals surface area contributed by atoms with Crippen LogP contribution in [0.2, 0.25) is 0 Å². The molecule has 0 aliphatic heterocycles. The first kappa shape index (κ1) is 16.7. The van der Waals surface area contributed by atoms with E-state index in [1.807, 2.05) is 30.3 Å². The van der Waals surface area contributed by atoms with Gasteiger partial charge in [0.2, 0.25) is 0 Å². The summed E-state index contributed by atoms with van der Waals surface area (Å²) in [4.78, 5) is 11.2. The van der Waals surface area contributed by atoms with E-state index in [0.717, 1.165) is 5.56 Å². The zero-order valence-corrected chi connectivity index (χ0v) is 13.4. The Morgan fingerprint density at radius 1 is 1.40 bits per heavy atom. The normalized spacial score (nSPS) is 14.5. The van der Waals surface area contributed by atoms with Gasteiger partial charge in [0.25, 0.3) is 0 Å². The number of hydrazone groups is 1. The van der Waals surface area contributed by atoms with Gasteiger partial charge in [-0.3, -0.25) is 0 Å². The predicted octanol–water partition coefficient (Wildman–Crippen LogP) is 3.26. The van der Waals surface area contributed by atoms with E-state index in [9.17, 15) is 4.79 Å². The number of carbonyl (C=O) groups excluding carboxylic acids is 1. The van der Waals surface area contributed by atoms with Crippen molar-refractivity contribution in [3.05, 3.63) is 35.9 Å². The number of hydrogen-bond acceptors (Lipinski definition) is 4. The Balaban J connectivity index is 2.74. The zero-order valence-electron chi connectivity index (χ0n) is 11.8. The number of halogens is 1. The summed E-state index contributed by atoms with van der Waals surface area (Å²) in [5, 5.41) is 4.00. The van der Waals surface area contributed by atoms with Gasteiger partial charge in [0, 0.05) is 7.11 Å². The van der Waals surface area contributed by atoms with Crippen LogP contribution >= 0.6 is 15.9 Å². The summed E-state index contributed by atoms with van der Waals surface area (Å²) < 4.78 is 10.2. The number of ether oxygens (including phenoxy) is 2. The van der Waals surface area contributed by atoms with E-state index >= 15 is 0 Å². The molecular weight excluding hydrogens is 324 g/mol. The van der Waals surface area contributed by atoms with Crippen LogP contribution in [0.15, 0.2) is 35.4 Å². The molecule has 1 N–H and O–H groups in total. The maximum absolute atomic E-state index is 11.2. The molecule has 0 aliphatic rings. The fourth-order valence-electron chi connectivity index (χ4n) is 1.67. The van der Waals surface area contributed by atoms with Gasteiger partial charge >= 0.3 is 6.09 Å². The Morgan fingerprint density at radius 2 is 2.05 bits per heavy atom. The molecule has 1 rings (SSSR count). The van der Waals surface area contributed by atoms with Crippen molar-refractivity contribution in [2.45, 2.75) is 24.8 Å². The summed E-state index contributed by atoms with van der Waals surface area (Å²) in [6.07, 6.45) is -0.869. The fraction of sp³-hybridized carbons (Fsp3) is 0.429. The molecule has 20 heavy (non-hydrogen) atoms. The molecule has 0 radical (unpaired) electrons. The lowest BCUT2D eigenvalue weighted by molar-refractivity contribution is 0.148. The fourth-order valence-corrected chi connectivity index (χ4v) is 2.58. The van der Waals surface area contributed by atoms with Crippen molar-refractivity contribution in [2.24, 2.45) is 5.10 Å². The van der Waals surface area contributed by atoms with Gasteiger partial charge in [-0.1, -0.05) is 46.3 Å². The molecule has 0 saturated carbocycles. The average Bonchev–Trinajstić information content (AvgIpc) is 2.47. The minimum Gasteiger partial charge on any atom is -0.449 e. The molecule has 0 aromatic heterocycles. The molecule has 0 spiro atoms. The number of amides is 1. The Hall–Kier alpha value is -1.40. The first-order valence-electron chi connectivity index (χ1n) is 6.28. The Morgan fingerprint density at radius 3 is 2.60 bits per heavy atom. The quantitative estimate of drug-likeness (QED) is 0.490. The molecule has 0 saturated heterocycles. The smallest absolute Gasteiger partial charge is 0.427 e. The lowest BCUT2D eigenvalue weighted by atomic mass is 10.1. The number of carbonyl (C=O) groups is 1. The first-order chi connectivity index (χ1) is 9.60. The molecule has 0 aliphatic carbocycles. The summed E-state index contributed by atoms with van der Waals surface area (Å²) in [5.74, 6) is 0. The molecule has 0 fully saturated rings. The van der Waals surface area contributed by atoms with E-state index in [4.69, 9.17) is 9.47 Å². The highest BCUT2D eigenvalue weighted by molar-refractivity contribution is 9.09. The van der Waals surface area contributed by atoms with Gasteiger partial charge in [-0.05, 0) is 19.4 Å². The molecule has 2 unspecified atom stereocenters. The van der Waals surface area contributed by atoms with E-state index < -0.39 is 6.09 Å². The van der Waals surface area contributed by atoms with Crippen molar-refractivity contribution >= 4 is 27.7 Å². The van der Waals surface area contributed by atoms with Gasteiger partial charge in [-0.15, -0.1) is 0 Å². The van der Waals surface area contributed by atoms with E-state index in [2.05, 4.69) is 26.5 Å². The summed E-state index contributed by atoms with van der Waals surface area (Å²) in [7, 11) is 1.60. The van der Waals surface area contributed by atoms with Crippen molar-refractivity contribution in [3.8, 4) is 0 Å². The van der Waals surface area contributed by atoms with Gasteiger partial charge in [0.1, 0.15) is 6.10 Å². The van der Waals surface area contributed by atoms with Crippen LogP contribution in [0.3, 0.4) is 0 Å². The van der Waals surface area contributed by atoms with Crippen LogP contribution in [0.5, 0.6) is 0 Å². The molecule has 110 valence electrons. The van der Waals surface area contributed by atoms with Crippen molar-refractivity contribution in [1.82, 2.24) is 5.43 Å². The molecule has 0 bridgehead atoms. The molecule has 1 aromatic carbocycles. The minimum absolute atomic E-state index is 0.0542. The molecule has 6 heteroatoms. The van der Waals surface area contributed by atoms with Gasteiger partial charge in [0.15, 0.2) is 0 Å². The summed E-state index contributed by atoms with van der Waals surface area (Å²) in [5.41, 5.74) is 4.05. The molecule has 1 amide bonds. The highest BCUT2D eigenvalue weighted by Gasteiger charge is 2.23. The summed E-state index contributed by atoms with van der Waals surface area (Å²) in [6.45, 7) is 3.83. The molecule has 1 aromatic rings. The standard InChI is InChI=1S/C14H19BrN2O3/c1-4-20-14(18)17-16-10(2)13(19-3)12(15)11-8-6-5-7-9-11/h5-9,12-13H,4H2,1-3H3,(H,17,18)/b16-10+. The number of rotatable bonds is 6. The molecule has 5 nitrogen and oxygen atoms in total. The SMILES string of the molecule is CCOC(=O)N/N=C(\C)C(OC)C(Br)c1ccccc1.